The second kappa shape index (κ2) is 9.01. The first-order valence-corrected chi connectivity index (χ1v) is 14.4. The minimum absolute atomic E-state index is 0.679. The number of fused-ring (bicyclic) bond motifs is 9. The molecule has 0 aliphatic carbocycles. The highest BCUT2D eigenvalue weighted by Crippen LogP contribution is 2.41. The minimum Gasteiger partial charge on any atom is -0.311 e. The summed E-state index contributed by atoms with van der Waals surface area (Å²) in [7, 11) is 0. The van der Waals surface area contributed by atoms with Crippen molar-refractivity contribution in [1.29, 1.82) is 0 Å². The van der Waals surface area contributed by atoms with Crippen LogP contribution in [0.3, 0.4) is 0 Å². The van der Waals surface area contributed by atoms with E-state index in [0.29, 0.717) is 5.69 Å². The first kappa shape index (κ1) is 23.7. The molecule has 198 valence electrons. The number of hydrogen-bond donors (Lipinski definition) is 0. The van der Waals surface area contributed by atoms with E-state index < -0.39 is 0 Å². The molecule has 9 aromatic rings. The van der Waals surface area contributed by atoms with E-state index in [1.807, 2.05) is 18.2 Å². The zero-order valence-corrected chi connectivity index (χ0v) is 23.1. The molecule has 0 aliphatic heterocycles. The average Bonchev–Trinajstić information content (AvgIpc) is 3.42. The van der Waals surface area contributed by atoms with Gasteiger partial charge in [0.2, 0.25) is 0 Å². The zero-order chi connectivity index (χ0) is 28.5. The van der Waals surface area contributed by atoms with Gasteiger partial charge in [0.05, 0.1) is 23.1 Å². The summed E-state index contributed by atoms with van der Waals surface area (Å²) in [4.78, 5) is 9.18. The fraction of sp³-hybridized carbons (Fsp3) is 0. The minimum atomic E-state index is 0.679. The second-order valence-electron chi connectivity index (χ2n) is 11.0. The number of rotatable bonds is 2. The SMILES string of the molecule is [C-]#[N+]c1cccc2c1c1ccccc1n2-c1ccc(-c2c3ccc4ccccc4c3nc3c2ccc2ccccc23)cc1. The van der Waals surface area contributed by atoms with Gasteiger partial charge in [-0.15, -0.1) is 0 Å². The maximum atomic E-state index is 7.78. The molecule has 2 heterocycles. The smallest absolute Gasteiger partial charge is 0.197 e. The fourth-order valence-corrected chi connectivity index (χ4v) is 6.87. The Morgan fingerprint density at radius 1 is 0.488 bits per heavy atom. The van der Waals surface area contributed by atoms with Gasteiger partial charge in [0.1, 0.15) is 0 Å². The highest BCUT2D eigenvalue weighted by Gasteiger charge is 2.17. The highest BCUT2D eigenvalue weighted by atomic mass is 15.0. The molecule has 3 nitrogen and oxygen atoms in total. The largest absolute Gasteiger partial charge is 0.311 e. The molecule has 0 fully saturated rings. The number of pyridine rings is 1. The van der Waals surface area contributed by atoms with E-state index in [-0.39, 0.29) is 0 Å². The molecule has 7 aromatic carbocycles. The van der Waals surface area contributed by atoms with E-state index in [1.54, 1.807) is 0 Å². The maximum absolute atomic E-state index is 7.78. The van der Waals surface area contributed by atoms with Crippen LogP contribution in [0.2, 0.25) is 0 Å². The van der Waals surface area contributed by atoms with Crippen LogP contribution in [0.5, 0.6) is 0 Å². The Kier molecular flexibility index (Phi) is 4.97. The molecule has 3 heteroatoms. The molecule has 0 bridgehead atoms. The Bertz CT molecular complexity index is 2520. The van der Waals surface area contributed by atoms with Crippen LogP contribution in [0.1, 0.15) is 0 Å². The van der Waals surface area contributed by atoms with Gasteiger partial charge in [-0.2, -0.15) is 0 Å². The number of nitrogens with zero attached hydrogens (tertiary/aromatic N) is 3. The van der Waals surface area contributed by atoms with Crippen molar-refractivity contribution in [3.8, 4) is 16.8 Å². The van der Waals surface area contributed by atoms with Crippen LogP contribution >= 0.6 is 0 Å². The first-order valence-electron chi connectivity index (χ1n) is 14.4. The summed E-state index contributed by atoms with van der Waals surface area (Å²) in [5, 5.41) is 9.09. The van der Waals surface area contributed by atoms with E-state index in [1.165, 1.54) is 16.3 Å². The van der Waals surface area contributed by atoms with Crippen LogP contribution in [-0.2, 0) is 0 Å². The summed E-state index contributed by atoms with van der Waals surface area (Å²) in [5.41, 5.74) is 8.27. The van der Waals surface area contributed by atoms with Crippen LogP contribution in [-0.4, -0.2) is 9.55 Å². The number of para-hydroxylation sites is 1. The lowest BCUT2D eigenvalue weighted by molar-refractivity contribution is 1.18. The van der Waals surface area contributed by atoms with E-state index >= 15 is 0 Å². The summed E-state index contributed by atoms with van der Waals surface area (Å²) in [6.07, 6.45) is 0. The predicted molar refractivity (Wildman–Crippen MR) is 180 cm³/mol. The number of aromatic nitrogens is 2. The van der Waals surface area contributed by atoms with Crippen molar-refractivity contribution >= 4 is 70.8 Å². The van der Waals surface area contributed by atoms with Crippen LogP contribution in [0.25, 0.3) is 86.8 Å². The normalized spacial score (nSPS) is 11.7. The van der Waals surface area contributed by atoms with E-state index in [0.717, 1.165) is 65.6 Å². The molecule has 43 heavy (non-hydrogen) atoms. The third-order valence-electron chi connectivity index (χ3n) is 8.77. The van der Waals surface area contributed by atoms with Gasteiger partial charge >= 0.3 is 0 Å². The van der Waals surface area contributed by atoms with Gasteiger partial charge in [0, 0.05) is 43.7 Å². The highest BCUT2D eigenvalue weighted by molar-refractivity contribution is 6.21. The third kappa shape index (κ3) is 3.38. The monoisotopic (exact) mass is 545 g/mol. The van der Waals surface area contributed by atoms with Crippen molar-refractivity contribution in [3.05, 3.63) is 151 Å². The summed E-state index contributed by atoms with van der Waals surface area (Å²) in [5.74, 6) is 0. The Balaban J connectivity index is 1.34. The van der Waals surface area contributed by atoms with Gasteiger partial charge in [0.15, 0.2) is 5.69 Å². The lowest BCUT2D eigenvalue weighted by atomic mass is 9.92. The quantitative estimate of drug-likeness (QED) is 0.120. The number of hydrogen-bond acceptors (Lipinski definition) is 1. The Labute approximate surface area is 247 Å². The van der Waals surface area contributed by atoms with Crippen molar-refractivity contribution in [3.63, 3.8) is 0 Å². The van der Waals surface area contributed by atoms with Gasteiger partial charge in [-0.05, 0) is 46.0 Å². The molecule has 0 saturated heterocycles. The first-order chi connectivity index (χ1) is 21.3. The van der Waals surface area contributed by atoms with Crippen LogP contribution in [0.4, 0.5) is 5.69 Å². The van der Waals surface area contributed by atoms with E-state index in [4.69, 9.17) is 11.6 Å². The lowest BCUT2D eigenvalue weighted by Crippen LogP contribution is -1.95. The molecule has 0 atom stereocenters. The van der Waals surface area contributed by atoms with Gasteiger partial charge in [0.25, 0.3) is 0 Å². The van der Waals surface area contributed by atoms with Gasteiger partial charge in [-0.3, -0.25) is 0 Å². The Morgan fingerprint density at radius 2 is 1.07 bits per heavy atom. The van der Waals surface area contributed by atoms with Crippen LogP contribution in [0.15, 0.2) is 140 Å². The maximum Gasteiger partial charge on any atom is 0.197 e. The molecule has 0 unspecified atom stereocenters. The molecule has 9 rings (SSSR count). The molecule has 2 aromatic heterocycles. The summed E-state index contributed by atoms with van der Waals surface area (Å²) < 4.78 is 2.27. The second-order valence-corrected chi connectivity index (χ2v) is 11.0. The Morgan fingerprint density at radius 3 is 1.72 bits per heavy atom. The van der Waals surface area contributed by atoms with Gasteiger partial charge in [-0.25, -0.2) is 9.83 Å². The third-order valence-corrected chi connectivity index (χ3v) is 8.77. The zero-order valence-electron chi connectivity index (χ0n) is 23.1. The topological polar surface area (TPSA) is 22.2 Å². The van der Waals surface area contributed by atoms with Crippen molar-refractivity contribution in [2.24, 2.45) is 0 Å². The van der Waals surface area contributed by atoms with E-state index in [2.05, 4.69) is 131 Å². The van der Waals surface area contributed by atoms with Crippen molar-refractivity contribution in [2.45, 2.75) is 0 Å². The molecular formula is C40H23N3. The van der Waals surface area contributed by atoms with Crippen molar-refractivity contribution in [2.75, 3.05) is 0 Å². The molecule has 0 aliphatic rings. The predicted octanol–water partition coefficient (Wildman–Crippen LogP) is 11.0. The van der Waals surface area contributed by atoms with Crippen molar-refractivity contribution < 1.29 is 0 Å². The van der Waals surface area contributed by atoms with Crippen LogP contribution < -0.4 is 0 Å². The summed E-state index contributed by atoms with van der Waals surface area (Å²) in [6.45, 7) is 7.78. The fourth-order valence-electron chi connectivity index (χ4n) is 6.87. The Hall–Kier alpha value is -5.98. The summed E-state index contributed by atoms with van der Waals surface area (Å²) in [6, 6.07) is 49.1. The summed E-state index contributed by atoms with van der Waals surface area (Å²) >= 11 is 0. The standard InChI is InChI=1S/C40H23N3/c1-41-34-14-8-16-36-38(34)31-13-6-7-15-35(31)43(36)28-21-17-27(18-22-28)37-32-23-19-25-9-2-4-11-29(25)39(32)42-40-30-12-5-3-10-26(30)20-24-33(37)40/h2-24H. The lowest BCUT2D eigenvalue weighted by Gasteiger charge is -2.15. The van der Waals surface area contributed by atoms with Gasteiger partial charge in [-0.1, -0.05) is 115 Å². The molecule has 0 radical (unpaired) electrons. The molecule has 0 saturated carbocycles. The average molecular weight is 546 g/mol. The molecule has 0 spiro atoms. The van der Waals surface area contributed by atoms with E-state index in [9.17, 15) is 0 Å². The number of benzene rings is 7. The molecule has 0 amide bonds. The molecule has 0 N–H and O–H groups in total. The van der Waals surface area contributed by atoms with Crippen LogP contribution in [0, 0.1) is 6.57 Å². The van der Waals surface area contributed by atoms with Gasteiger partial charge < -0.3 is 4.57 Å². The van der Waals surface area contributed by atoms with Crippen molar-refractivity contribution in [1.82, 2.24) is 9.55 Å². The molecular weight excluding hydrogens is 522 g/mol.